The quantitative estimate of drug-likeness (QED) is 0.180. The Bertz CT molecular complexity index is 1080. The van der Waals surface area contributed by atoms with Crippen LogP contribution in [0, 0.1) is 0 Å². The van der Waals surface area contributed by atoms with E-state index in [4.69, 9.17) is 0 Å². The van der Waals surface area contributed by atoms with Crippen LogP contribution in [0.3, 0.4) is 0 Å². The number of hydrogen-bond donors (Lipinski definition) is 0. The summed E-state index contributed by atoms with van der Waals surface area (Å²) in [6.07, 6.45) is -71.7. The standard InChI is InChI=1S/C17H12F24O5P2/c1-47(42-6(10(18,19)20,11(21,22)23)7(43-47,12(24,25)26)13(27,28)29)4-3-5-48(2,46-47)44-8(14(30,31)32,15(33,34)35)9(45-48,16(36,37)38)17(39,40)41/h3-5H2,1-2H3. The molecule has 2 spiro atoms. The first kappa shape index (κ1) is 41.4. The van der Waals surface area contributed by atoms with Gasteiger partial charge in [-0.15, -0.1) is 0 Å². The molecule has 3 aliphatic rings. The summed E-state index contributed by atoms with van der Waals surface area (Å²) >= 11 is 0. The van der Waals surface area contributed by atoms with Gasteiger partial charge in [-0.3, -0.25) is 0 Å². The second-order valence-corrected chi connectivity index (χ2v) is 19.1. The van der Waals surface area contributed by atoms with Crippen LogP contribution in [-0.4, -0.2) is 97.5 Å². The molecule has 0 atom stereocenters. The van der Waals surface area contributed by atoms with Crippen molar-refractivity contribution in [3.05, 3.63) is 0 Å². The summed E-state index contributed by atoms with van der Waals surface area (Å²) in [6, 6.07) is 0. The Morgan fingerprint density at radius 3 is 0.604 bits per heavy atom. The SMILES string of the molecule is CP12(CCCP3(C)(OC(C(F)(F)F)(C(F)(F)F)C(C(F)(F)F)(C(F)(F)F)O3)O1)OC(C(F)(F)F)(C(F)(F)F)C(C(F)(F)F)(C(F)(F)F)O2. The molecule has 0 bridgehead atoms. The molecule has 0 aromatic rings. The van der Waals surface area contributed by atoms with Crippen LogP contribution >= 0.6 is 14.6 Å². The zero-order valence-corrected chi connectivity index (χ0v) is 23.9. The van der Waals surface area contributed by atoms with Crippen LogP contribution in [0.4, 0.5) is 105 Å². The van der Waals surface area contributed by atoms with Gasteiger partial charge in [0.05, 0.1) is 0 Å². The third kappa shape index (κ3) is 4.78. The molecule has 0 radical (unpaired) electrons. The maximum atomic E-state index is 14.1. The van der Waals surface area contributed by atoms with E-state index in [2.05, 4.69) is 22.4 Å². The van der Waals surface area contributed by atoms with E-state index in [1.807, 2.05) is 0 Å². The van der Waals surface area contributed by atoms with Crippen molar-refractivity contribution in [2.75, 3.05) is 25.7 Å². The van der Waals surface area contributed by atoms with Crippen molar-refractivity contribution in [1.29, 1.82) is 0 Å². The van der Waals surface area contributed by atoms with E-state index in [9.17, 15) is 105 Å². The van der Waals surface area contributed by atoms with Gasteiger partial charge in [-0.2, -0.15) is 0 Å². The molecule has 288 valence electrons. The van der Waals surface area contributed by atoms with Gasteiger partial charge >= 0.3 is 246 Å². The predicted octanol–water partition coefficient (Wildman–Crippen LogP) is 9.81. The van der Waals surface area contributed by atoms with Crippen LogP contribution < -0.4 is 0 Å². The summed E-state index contributed by atoms with van der Waals surface area (Å²) in [5, 5.41) is 0. The summed E-state index contributed by atoms with van der Waals surface area (Å²) in [4.78, 5) is 0. The number of alkyl halides is 24. The molecule has 0 aliphatic carbocycles. The van der Waals surface area contributed by atoms with Crippen molar-refractivity contribution in [2.45, 2.75) is 78.2 Å². The van der Waals surface area contributed by atoms with Gasteiger partial charge in [-0.25, -0.2) is 0 Å². The van der Waals surface area contributed by atoms with E-state index in [-0.39, 0.29) is 0 Å². The Morgan fingerprint density at radius 2 is 0.479 bits per heavy atom. The minimum absolute atomic E-state index is 0.898. The van der Waals surface area contributed by atoms with Crippen LogP contribution in [-0.2, 0) is 22.4 Å². The normalized spacial score (nSPS) is 30.0. The fourth-order valence-electron chi connectivity index (χ4n) is 5.96. The van der Waals surface area contributed by atoms with Crippen LogP contribution in [0.1, 0.15) is 6.42 Å². The topological polar surface area (TPSA) is 46.2 Å². The average molecular weight is 814 g/mol. The molecule has 3 saturated heterocycles. The molecule has 0 saturated carbocycles. The van der Waals surface area contributed by atoms with Crippen LogP contribution in [0.2, 0.25) is 0 Å². The molecular weight excluding hydrogens is 802 g/mol. The molecule has 5 nitrogen and oxygen atoms in total. The predicted molar refractivity (Wildman–Crippen MR) is 105 cm³/mol. The van der Waals surface area contributed by atoms with Crippen molar-refractivity contribution >= 4 is 14.6 Å². The monoisotopic (exact) mass is 814 g/mol. The van der Waals surface area contributed by atoms with E-state index in [0.29, 0.717) is 0 Å². The molecule has 0 N–H and O–H groups in total. The van der Waals surface area contributed by atoms with Crippen molar-refractivity contribution in [1.82, 2.24) is 0 Å². The van der Waals surface area contributed by atoms with E-state index in [0.717, 1.165) is 0 Å². The first-order valence-electron chi connectivity index (χ1n) is 11.5. The van der Waals surface area contributed by atoms with Gasteiger partial charge in [0.2, 0.25) is 0 Å². The number of hydrogen-bond acceptors (Lipinski definition) is 5. The van der Waals surface area contributed by atoms with Gasteiger partial charge in [0.1, 0.15) is 0 Å². The zero-order valence-electron chi connectivity index (χ0n) is 22.1. The Hall–Kier alpha value is -1.02. The molecule has 0 aromatic carbocycles. The van der Waals surface area contributed by atoms with E-state index >= 15 is 0 Å². The van der Waals surface area contributed by atoms with Gasteiger partial charge in [0.25, 0.3) is 0 Å². The van der Waals surface area contributed by atoms with Gasteiger partial charge in [-0.05, 0) is 0 Å². The summed E-state index contributed by atoms with van der Waals surface area (Å²) in [5.74, 6) is 0. The molecule has 3 aliphatic heterocycles. The second-order valence-electron chi connectivity index (χ2n) is 10.9. The Morgan fingerprint density at radius 1 is 0.333 bits per heavy atom. The number of rotatable bonds is 0. The molecule has 0 aromatic heterocycles. The van der Waals surface area contributed by atoms with Crippen LogP contribution in [0.15, 0.2) is 0 Å². The number of halogens is 24. The molecule has 3 rings (SSSR count). The summed E-state index contributed by atoms with van der Waals surface area (Å²) in [5.41, 5.74) is -31.5. The first-order chi connectivity index (χ1) is 20.3. The zero-order chi connectivity index (χ0) is 38.6. The van der Waals surface area contributed by atoms with Crippen molar-refractivity contribution < 1.29 is 128 Å². The van der Waals surface area contributed by atoms with E-state index in [1.165, 1.54) is 0 Å². The van der Waals surface area contributed by atoms with Crippen molar-refractivity contribution in [3.8, 4) is 0 Å². The van der Waals surface area contributed by atoms with Gasteiger partial charge in [-0.1, -0.05) is 0 Å². The van der Waals surface area contributed by atoms with Crippen LogP contribution in [0.5, 0.6) is 0 Å². The van der Waals surface area contributed by atoms with Crippen LogP contribution in [0.25, 0.3) is 0 Å². The molecule has 48 heavy (non-hydrogen) atoms. The summed E-state index contributed by atoms with van der Waals surface area (Å²) in [7, 11) is -16.7. The average Bonchev–Trinajstić information content (AvgIpc) is 3.17. The van der Waals surface area contributed by atoms with Gasteiger partial charge in [0.15, 0.2) is 0 Å². The molecular formula is C17H12F24O5P2. The van der Waals surface area contributed by atoms with Gasteiger partial charge in [0, 0.05) is 0 Å². The third-order valence-electron chi connectivity index (χ3n) is 7.38. The molecule has 3 fully saturated rings. The maximum absolute atomic E-state index is 14.1. The fraction of sp³-hybridized carbons (Fsp3) is 1.00. The summed E-state index contributed by atoms with van der Waals surface area (Å²) < 4.78 is 356. The van der Waals surface area contributed by atoms with Crippen molar-refractivity contribution in [3.63, 3.8) is 0 Å². The molecule has 3 heterocycles. The van der Waals surface area contributed by atoms with E-state index < -0.39 is 118 Å². The first-order valence-corrected chi connectivity index (χ1v) is 16.7. The second kappa shape index (κ2) is 9.50. The Kier molecular flexibility index (Phi) is 8.19. The van der Waals surface area contributed by atoms with Gasteiger partial charge < -0.3 is 0 Å². The Balaban J connectivity index is 2.61. The summed E-state index contributed by atoms with van der Waals surface area (Å²) in [6.45, 7) is -1.80. The third-order valence-corrected chi connectivity index (χ3v) is 16.2. The Labute approximate surface area is 247 Å². The van der Waals surface area contributed by atoms with E-state index in [1.54, 1.807) is 0 Å². The van der Waals surface area contributed by atoms with Crippen molar-refractivity contribution in [2.24, 2.45) is 0 Å². The fourth-order valence-corrected chi connectivity index (χ4v) is 17.8. The molecule has 0 unspecified atom stereocenters. The molecule has 0 amide bonds. The molecule has 31 heteroatoms. The minimum atomic E-state index is -8.37.